The number of fused-ring (bicyclic) bond motifs is 3. The van der Waals surface area contributed by atoms with E-state index in [1.54, 1.807) is 12.1 Å². The lowest BCUT2D eigenvalue weighted by molar-refractivity contribution is -0.348. The molecule has 0 radical (unpaired) electrons. The number of amides is 1. The number of likely N-dealkylation sites (tertiary alicyclic amines) is 1. The van der Waals surface area contributed by atoms with Gasteiger partial charge in [-0.1, -0.05) is 54.6 Å². The molecule has 0 saturated carbocycles. The largest absolute Gasteiger partial charge is 0.435 e. The molecule has 41 heavy (non-hydrogen) atoms. The second-order valence-corrected chi connectivity index (χ2v) is 17.4. The predicted molar refractivity (Wildman–Crippen MR) is 155 cm³/mol. The monoisotopic (exact) mass is 831 g/mol. The zero-order chi connectivity index (χ0) is 30.8. The van der Waals surface area contributed by atoms with Crippen LogP contribution < -0.4 is 0 Å². The number of halogens is 9. The topological polar surface area (TPSA) is 54.5 Å². The molecule has 14 heteroatoms. The van der Waals surface area contributed by atoms with Crippen molar-refractivity contribution in [2.45, 2.75) is 83.1 Å². The van der Waals surface area contributed by atoms with Crippen LogP contribution in [0.4, 0.5) is 30.7 Å². The molecule has 1 saturated heterocycles. The first-order valence-electron chi connectivity index (χ1n) is 12.6. The average Bonchev–Trinajstić information content (AvgIpc) is 3.26. The molecule has 4 nitrogen and oxygen atoms in total. The second kappa shape index (κ2) is 10.8. The summed E-state index contributed by atoms with van der Waals surface area (Å²) in [4.78, 5) is 14.7. The molecule has 1 aliphatic carbocycles. The molecular formula is C27H26F7I2NO3S. The molecule has 2 aromatic rings. The molecule has 0 unspecified atom stereocenters. The molecule has 2 aromatic carbocycles. The van der Waals surface area contributed by atoms with Crippen LogP contribution in [-0.4, -0.2) is 47.6 Å². The Balaban J connectivity index is 1.90. The Morgan fingerprint density at radius 1 is 1.00 bits per heavy atom. The third-order valence-corrected chi connectivity index (χ3v) is 11.7. The molecule has 0 spiro atoms. The lowest BCUT2D eigenvalue weighted by Gasteiger charge is -2.43. The van der Waals surface area contributed by atoms with E-state index in [-0.39, 0.29) is 57.6 Å². The molecule has 1 amide bonds. The standard InChI is InChI=1S/C27H26F7I2NO3S/c1-23(2,36)12-11-22(38)37-14-13-24(41(39,40)19-7-5-18(35)6-8-19)20-9-4-17(15-16(20)3-10-21(24)37)25(28,26(29,30)31)27(32,33)34/h4-9,15,21H,3,10-14H2,1-2H3/t21-,24-/m1/s1. The molecule has 0 bridgehead atoms. The van der Waals surface area contributed by atoms with Crippen LogP contribution >= 0.6 is 45.2 Å². The van der Waals surface area contributed by atoms with Crippen molar-refractivity contribution in [1.82, 2.24) is 4.90 Å². The molecule has 1 aliphatic heterocycles. The van der Waals surface area contributed by atoms with Crippen LogP contribution in [0.15, 0.2) is 47.4 Å². The smallest absolute Gasteiger partial charge is 0.338 e. The minimum atomic E-state index is -6.30. The van der Waals surface area contributed by atoms with Crippen LogP contribution in [-0.2, 0) is 31.5 Å². The molecule has 2 aliphatic rings. The van der Waals surface area contributed by atoms with Crippen LogP contribution in [0.25, 0.3) is 0 Å². The Morgan fingerprint density at radius 3 is 2.12 bits per heavy atom. The highest BCUT2D eigenvalue weighted by molar-refractivity contribution is 14.1. The van der Waals surface area contributed by atoms with Crippen molar-refractivity contribution >= 4 is 60.9 Å². The lowest BCUT2D eigenvalue weighted by Crippen LogP contribution is -2.53. The first-order chi connectivity index (χ1) is 18.7. The van der Waals surface area contributed by atoms with Gasteiger partial charge in [0.05, 0.1) is 10.9 Å². The van der Waals surface area contributed by atoms with E-state index in [9.17, 15) is 43.9 Å². The number of carbonyl (C=O) groups is 1. The van der Waals surface area contributed by atoms with Gasteiger partial charge in [-0.3, -0.25) is 4.79 Å². The van der Waals surface area contributed by atoms with Gasteiger partial charge in [-0.25, -0.2) is 12.8 Å². The maximum atomic E-state index is 14.9. The number of carbonyl (C=O) groups excluding carboxylic acids is 1. The van der Waals surface area contributed by atoms with Crippen molar-refractivity contribution < 1.29 is 43.9 Å². The second-order valence-electron chi connectivity index (χ2n) is 11.0. The number of hydrogen-bond acceptors (Lipinski definition) is 3. The quantitative estimate of drug-likeness (QED) is 0.170. The zero-order valence-electron chi connectivity index (χ0n) is 21.8. The van der Waals surface area contributed by atoms with E-state index in [2.05, 4.69) is 22.6 Å². The fraction of sp³-hybridized carbons (Fsp3) is 0.519. The molecule has 1 heterocycles. The summed E-state index contributed by atoms with van der Waals surface area (Å²) in [6, 6.07) is 6.72. The minimum Gasteiger partial charge on any atom is -0.338 e. The van der Waals surface area contributed by atoms with Crippen LogP contribution in [0.5, 0.6) is 0 Å². The van der Waals surface area contributed by atoms with Gasteiger partial charge >= 0.3 is 18.0 Å². The number of benzene rings is 2. The lowest BCUT2D eigenvalue weighted by atomic mass is 9.76. The number of alkyl halides is 8. The minimum absolute atomic E-state index is 0.00716. The zero-order valence-corrected chi connectivity index (χ0v) is 27.0. The van der Waals surface area contributed by atoms with Crippen molar-refractivity contribution in [3.05, 3.63) is 62.7 Å². The van der Waals surface area contributed by atoms with Crippen molar-refractivity contribution in [3.8, 4) is 0 Å². The van der Waals surface area contributed by atoms with Gasteiger partial charge in [0.25, 0.3) is 0 Å². The van der Waals surface area contributed by atoms with Crippen LogP contribution in [0.1, 0.15) is 56.2 Å². The van der Waals surface area contributed by atoms with E-state index in [1.807, 2.05) is 36.4 Å². The van der Waals surface area contributed by atoms with E-state index in [4.69, 9.17) is 0 Å². The van der Waals surface area contributed by atoms with Crippen LogP contribution in [0.2, 0.25) is 0 Å². The highest BCUT2D eigenvalue weighted by atomic mass is 127. The van der Waals surface area contributed by atoms with Gasteiger partial charge in [0, 0.05) is 25.5 Å². The highest BCUT2D eigenvalue weighted by Crippen LogP contribution is 2.56. The summed E-state index contributed by atoms with van der Waals surface area (Å²) < 4.78 is 123. The van der Waals surface area contributed by atoms with Gasteiger partial charge in [-0.15, -0.1) is 0 Å². The first-order valence-corrected chi connectivity index (χ1v) is 16.3. The van der Waals surface area contributed by atoms with E-state index >= 15 is 0 Å². The van der Waals surface area contributed by atoms with Crippen LogP contribution in [0, 0.1) is 3.57 Å². The highest BCUT2D eigenvalue weighted by Gasteiger charge is 2.73. The molecule has 4 rings (SSSR count). The van der Waals surface area contributed by atoms with Gasteiger partial charge in [0.2, 0.25) is 5.91 Å². The van der Waals surface area contributed by atoms with Crippen LogP contribution in [0.3, 0.4) is 0 Å². The Kier molecular flexibility index (Phi) is 8.60. The summed E-state index contributed by atoms with van der Waals surface area (Å²) >= 11 is 4.19. The molecule has 1 fully saturated rings. The third kappa shape index (κ3) is 5.50. The first kappa shape index (κ1) is 32.7. The Morgan fingerprint density at radius 2 is 1.59 bits per heavy atom. The fourth-order valence-corrected chi connectivity index (χ4v) is 8.90. The summed E-state index contributed by atoms with van der Waals surface area (Å²) in [5.74, 6) is -0.281. The van der Waals surface area contributed by atoms with E-state index < -0.39 is 44.2 Å². The summed E-state index contributed by atoms with van der Waals surface area (Å²) in [6.45, 7) is 3.92. The van der Waals surface area contributed by atoms with Gasteiger partial charge in [-0.2, -0.15) is 26.3 Å². The number of nitrogens with zero attached hydrogens (tertiary/aromatic N) is 1. The maximum absolute atomic E-state index is 14.9. The van der Waals surface area contributed by atoms with Crippen molar-refractivity contribution in [2.75, 3.05) is 6.54 Å². The van der Waals surface area contributed by atoms with Gasteiger partial charge in [-0.05, 0) is 83.7 Å². The maximum Gasteiger partial charge on any atom is 0.435 e. The molecular weight excluding hydrogens is 805 g/mol. The van der Waals surface area contributed by atoms with Crippen molar-refractivity contribution in [1.29, 1.82) is 0 Å². The van der Waals surface area contributed by atoms with E-state index in [1.165, 1.54) is 17.0 Å². The van der Waals surface area contributed by atoms with E-state index in [0.29, 0.717) is 18.6 Å². The molecule has 226 valence electrons. The summed E-state index contributed by atoms with van der Waals surface area (Å²) in [5, 5.41) is 0. The number of hydrogen-bond donors (Lipinski definition) is 0. The third-order valence-electron chi connectivity index (χ3n) is 7.92. The molecule has 2 atom stereocenters. The number of rotatable bonds is 6. The van der Waals surface area contributed by atoms with Gasteiger partial charge in [0.1, 0.15) is 4.75 Å². The summed E-state index contributed by atoms with van der Waals surface area (Å²) in [7, 11) is -4.34. The summed E-state index contributed by atoms with van der Waals surface area (Å²) in [6.07, 6.45) is -12.2. The SMILES string of the molecule is CC(C)(I)CCC(=O)N1CC[C@@]2(S(=O)(=O)c3ccc(I)cc3)c3ccc(C(F)(C(F)(F)F)C(F)(F)F)cc3CC[C@@H]12. The normalized spacial score (nSPS) is 21.9. The average molecular weight is 831 g/mol. The number of aryl methyl sites for hydroxylation is 1. The molecule has 0 N–H and O–H groups in total. The molecule has 0 aromatic heterocycles. The van der Waals surface area contributed by atoms with Crippen molar-refractivity contribution in [2.24, 2.45) is 0 Å². The Bertz CT molecular complexity index is 1420. The Labute approximate surface area is 260 Å². The number of sulfone groups is 1. The predicted octanol–water partition coefficient (Wildman–Crippen LogP) is 7.79. The van der Waals surface area contributed by atoms with Crippen molar-refractivity contribution in [3.63, 3.8) is 0 Å². The Hall–Kier alpha value is -1.17. The van der Waals surface area contributed by atoms with Gasteiger partial charge in [0.15, 0.2) is 9.84 Å². The fourth-order valence-electron chi connectivity index (χ4n) is 5.90. The van der Waals surface area contributed by atoms with Gasteiger partial charge < -0.3 is 4.90 Å². The van der Waals surface area contributed by atoms with E-state index in [0.717, 1.165) is 9.64 Å². The summed E-state index contributed by atoms with van der Waals surface area (Å²) in [5.41, 5.74) is -7.43.